The van der Waals surface area contributed by atoms with E-state index in [-0.39, 0.29) is 0 Å². The number of aryl methyl sites for hydroxylation is 2. The average molecular weight is 260 g/mol. The highest BCUT2D eigenvalue weighted by molar-refractivity contribution is 6.17. The Morgan fingerprint density at radius 1 is 1.00 bits per heavy atom. The van der Waals surface area contributed by atoms with Crippen molar-refractivity contribution in [3.05, 3.63) is 64.7 Å². The zero-order valence-electron chi connectivity index (χ0n) is 10.8. The highest BCUT2D eigenvalue weighted by atomic mass is 35.5. The first-order chi connectivity index (χ1) is 8.70. The quantitative estimate of drug-likeness (QED) is 0.788. The van der Waals surface area contributed by atoms with E-state index in [0.29, 0.717) is 5.88 Å². The van der Waals surface area contributed by atoms with Crippen molar-refractivity contribution >= 4 is 17.3 Å². The fourth-order valence-corrected chi connectivity index (χ4v) is 2.25. The molecule has 0 bridgehead atoms. The van der Waals surface area contributed by atoms with Crippen LogP contribution in [-0.4, -0.2) is 0 Å². The summed E-state index contributed by atoms with van der Waals surface area (Å²) in [7, 11) is 0. The maximum Gasteiger partial charge on any atom is 0.0474 e. The summed E-state index contributed by atoms with van der Waals surface area (Å²) in [6.45, 7) is 5.16. The fourth-order valence-electron chi connectivity index (χ4n) is 2.08. The first-order valence-electron chi connectivity index (χ1n) is 6.14. The number of alkyl halides is 1. The van der Waals surface area contributed by atoms with Crippen molar-refractivity contribution in [3.63, 3.8) is 0 Å². The monoisotopic (exact) mass is 259 g/mol. The molecule has 94 valence electrons. The molecule has 0 amide bonds. The molecule has 0 unspecified atom stereocenters. The van der Waals surface area contributed by atoms with Crippen LogP contribution in [0.1, 0.15) is 22.3 Å². The summed E-state index contributed by atoms with van der Waals surface area (Å²) in [5.41, 5.74) is 6.29. The van der Waals surface area contributed by atoms with Gasteiger partial charge in [-0.2, -0.15) is 0 Å². The van der Waals surface area contributed by atoms with Gasteiger partial charge in [-0.05, 0) is 48.2 Å². The maximum atomic E-state index is 5.84. The van der Waals surface area contributed by atoms with Crippen LogP contribution in [0.2, 0.25) is 0 Å². The number of hydrogen-bond donors (Lipinski definition) is 1. The van der Waals surface area contributed by atoms with Crippen molar-refractivity contribution in [1.29, 1.82) is 0 Å². The van der Waals surface area contributed by atoms with Gasteiger partial charge in [0.2, 0.25) is 0 Å². The molecule has 0 saturated heterocycles. The van der Waals surface area contributed by atoms with Crippen molar-refractivity contribution in [3.8, 4) is 0 Å². The van der Waals surface area contributed by atoms with Gasteiger partial charge in [0.25, 0.3) is 0 Å². The molecule has 0 aliphatic rings. The molecular formula is C16H18ClN. The van der Waals surface area contributed by atoms with E-state index in [2.05, 4.69) is 49.5 Å². The minimum absolute atomic E-state index is 0.554. The molecule has 2 heteroatoms. The molecule has 0 spiro atoms. The van der Waals surface area contributed by atoms with Crippen molar-refractivity contribution in [2.75, 3.05) is 5.32 Å². The minimum Gasteiger partial charge on any atom is -0.381 e. The van der Waals surface area contributed by atoms with Crippen LogP contribution in [0.5, 0.6) is 0 Å². The molecule has 18 heavy (non-hydrogen) atoms. The van der Waals surface area contributed by atoms with Crippen LogP contribution in [-0.2, 0) is 12.4 Å². The van der Waals surface area contributed by atoms with Crippen molar-refractivity contribution in [1.82, 2.24) is 0 Å². The van der Waals surface area contributed by atoms with E-state index in [1.165, 1.54) is 16.7 Å². The summed E-state index contributed by atoms with van der Waals surface area (Å²) in [6.07, 6.45) is 0. The third-order valence-corrected chi connectivity index (χ3v) is 3.50. The van der Waals surface area contributed by atoms with Gasteiger partial charge in [-0.25, -0.2) is 0 Å². The van der Waals surface area contributed by atoms with Gasteiger partial charge in [0.1, 0.15) is 0 Å². The molecule has 2 aromatic rings. The average Bonchev–Trinajstić information content (AvgIpc) is 2.38. The summed E-state index contributed by atoms with van der Waals surface area (Å²) < 4.78 is 0. The van der Waals surface area contributed by atoms with Crippen molar-refractivity contribution < 1.29 is 0 Å². The lowest BCUT2D eigenvalue weighted by Gasteiger charge is -2.12. The topological polar surface area (TPSA) is 12.0 Å². The lowest BCUT2D eigenvalue weighted by Crippen LogP contribution is -2.03. The van der Waals surface area contributed by atoms with Crippen LogP contribution in [0.15, 0.2) is 42.5 Å². The SMILES string of the molecule is Cc1cccc(C)c1CNc1cccc(CCl)c1. The number of rotatable bonds is 4. The van der Waals surface area contributed by atoms with Gasteiger partial charge in [-0.15, -0.1) is 11.6 Å². The first kappa shape index (κ1) is 13.0. The summed E-state index contributed by atoms with van der Waals surface area (Å²) >= 11 is 5.84. The second-order valence-corrected chi connectivity index (χ2v) is 4.83. The number of nitrogens with one attached hydrogen (secondary N) is 1. The Morgan fingerprint density at radius 3 is 2.33 bits per heavy atom. The predicted octanol–water partition coefficient (Wildman–Crippen LogP) is 4.65. The second kappa shape index (κ2) is 5.92. The molecule has 1 N–H and O–H groups in total. The van der Waals surface area contributed by atoms with Crippen LogP contribution in [0, 0.1) is 13.8 Å². The third-order valence-electron chi connectivity index (χ3n) is 3.20. The Labute approximate surface area is 114 Å². The summed E-state index contributed by atoms with van der Waals surface area (Å²) in [5.74, 6) is 0.554. The highest BCUT2D eigenvalue weighted by Gasteiger charge is 2.02. The number of hydrogen-bond acceptors (Lipinski definition) is 1. The smallest absolute Gasteiger partial charge is 0.0474 e. The van der Waals surface area contributed by atoms with E-state index in [1.54, 1.807) is 0 Å². The Kier molecular flexibility index (Phi) is 4.27. The van der Waals surface area contributed by atoms with Crippen LogP contribution in [0.3, 0.4) is 0 Å². The van der Waals surface area contributed by atoms with E-state index in [0.717, 1.165) is 17.8 Å². The van der Waals surface area contributed by atoms with Gasteiger partial charge in [0.15, 0.2) is 0 Å². The van der Waals surface area contributed by atoms with E-state index < -0.39 is 0 Å². The van der Waals surface area contributed by atoms with Crippen LogP contribution in [0.4, 0.5) is 5.69 Å². The van der Waals surface area contributed by atoms with E-state index >= 15 is 0 Å². The Hall–Kier alpha value is -1.47. The molecule has 0 atom stereocenters. The Balaban J connectivity index is 2.11. The van der Waals surface area contributed by atoms with E-state index in [4.69, 9.17) is 11.6 Å². The molecular weight excluding hydrogens is 242 g/mol. The lowest BCUT2D eigenvalue weighted by molar-refractivity contribution is 1.09. The number of halogens is 1. The van der Waals surface area contributed by atoms with Crippen LogP contribution < -0.4 is 5.32 Å². The highest BCUT2D eigenvalue weighted by Crippen LogP contribution is 2.17. The minimum atomic E-state index is 0.554. The number of anilines is 1. The van der Waals surface area contributed by atoms with Gasteiger partial charge in [-0.3, -0.25) is 0 Å². The second-order valence-electron chi connectivity index (χ2n) is 4.56. The van der Waals surface area contributed by atoms with E-state index in [9.17, 15) is 0 Å². The largest absolute Gasteiger partial charge is 0.381 e. The maximum absolute atomic E-state index is 5.84. The number of benzene rings is 2. The van der Waals surface area contributed by atoms with Gasteiger partial charge < -0.3 is 5.32 Å². The van der Waals surface area contributed by atoms with Gasteiger partial charge >= 0.3 is 0 Å². The zero-order valence-corrected chi connectivity index (χ0v) is 11.6. The molecule has 0 aliphatic heterocycles. The fraction of sp³-hybridized carbons (Fsp3) is 0.250. The van der Waals surface area contributed by atoms with Gasteiger partial charge in [0, 0.05) is 18.1 Å². The molecule has 2 rings (SSSR count). The molecule has 0 saturated carbocycles. The standard InChI is InChI=1S/C16H18ClN/c1-12-5-3-6-13(2)16(12)11-18-15-8-4-7-14(9-15)10-17/h3-9,18H,10-11H2,1-2H3. The van der Waals surface area contributed by atoms with Gasteiger partial charge in [-0.1, -0.05) is 30.3 Å². The molecule has 0 aliphatic carbocycles. The van der Waals surface area contributed by atoms with E-state index in [1.807, 2.05) is 12.1 Å². The molecule has 0 heterocycles. The summed E-state index contributed by atoms with van der Waals surface area (Å²) in [4.78, 5) is 0. The molecule has 1 nitrogen and oxygen atoms in total. The summed E-state index contributed by atoms with van der Waals surface area (Å²) in [5, 5.41) is 3.46. The Morgan fingerprint density at radius 2 is 1.67 bits per heavy atom. The lowest BCUT2D eigenvalue weighted by atomic mass is 10.0. The normalized spacial score (nSPS) is 10.4. The summed E-state index contributed by atoms with van der Waals surface area (Å²) in [6, 6.07) is 14.6. The van der Waals surface area contributed by atoms with Gasteiger partial charge in [0.05, 0.1) is 0 Å². The third kappa shape index (κ3) is 3.05. The predicted molar refractivity (Wildman–Crippen MR) is 79.2 cm³/mol. The zero-order chi connectivity index (χ0) is 13.0. The molecule has 0 fully saturated rings. The van der Waals surface area contributed by atoms with Crippen LogP contribution in [0.25, 0.3) is 0 Å². The van der Waals surface area contributed by atoms with Crippen LogP contribution >= 0.6 is 11.6 Å². The van der Waals surface area contributed by atoms with Crippen molar-refractivity contribution in [2.45, 2.75) is 26.3 Å². The molecule has 2 aromatic carbocycles. The molecule has 0 aromatic heterocycles. The molecule has 0 radical (unpaired) electrons. The first-order valence-corrected chi connectivity index (χ1v) is 6.68. The van der Waals surface area contributed by atoms with Crippen molar-refractivity contribution in [2.24, 2.45) is 0 Å². The Bertz CT molecular complexity index is 514.